The van der Waals surface area contributed by atoms with Crippen molar-refractivity contribution < 1.29 is 4.92 Å². The van der Waals surface area contributed by atoms with Gasteiger partial charge in [-0.1, -0.05) is 18.2 Å². The number of nitro groups is 1. The van der Waals surface area contributed by atoms with Crippen LogP contribution >= 0.6 is 0 Å². The molecule has 0 amide bonds. The van der Waals surface area contributed by atoms with Gasteiger partial charge in [0.1, 0.15) is 5.69 Å². The first kappa shape index (κ1) is 15.3. The molecule has 2 aromatic rings. The van der Waals surface area contributed by atoms with Crippen LogP contribution in [0.3, 0.4) is 0 Å². The molecule has 0 saturated heterocycles. The van der Waals surface area contributed by atoms with Crippen molar-refractivity contribution in [2.75, 3.05) is 23.3 Å². The minimum Gasteiger partial charge on any atom is -0.367 e. The third kappa shape index (κ3) is 2.74. The molecule has 1 aliphatic heterocycles. The van der Waals surface area contributed by atoms with Crippen molar-refractivity contribution in [1.29, 1.82) is 0 Å². The Labute approximate surface area is 135 Å². The average molecular weight is 315 g/mol. The zero-order valence-electron chi connectivity index (χ0n) is 13.6. The molecule has 0 aliphatic carbocycles. The van der Waals surface area contributed by atoms with Crippen molar-refractivity contribution in [3.8, 4) is 0 Å². The number of rotatable bonds is 5. The standard InChI is InChI=1S/C16H21N5O2/c1-11-10-13-6-4-5-7-14(13)20(11)9-8-17-16-15(21(22)23)12(2)18-19(16)3/h4-7,11,17H,8-10H2,1-3H3. The Morgan fingerprint density at radius 2 is 2.17 bits per heavy atom. The molecule has 1 N–H and O–H groups in total. The molecule has 7 nitrogen and oxygen atoms in total. The topological polar surface area (TPSA) is 76.2 Å². The van der Waals surface area contributed by atoms with Crippen molar-refractivity contribution >= 4 is 17.2 Å². The number of nitrogens with zero attached hydrogens (tertiary/aromatic N) is 4. The SMILES string of the molecule is Cc1nn(C)c(NCCN2c3ccccc3CC2C)c1[N+](=O)[O-]. The molecule has 1 unspecified atom stereocenters. The zero-order valence-corrected chi connectivity index (χ0v) is 13.6. The second-order valence-corrected chi connectivity index (χ2v) is 5.97. The van der Waals surface area contributed by atoms with Gasteiger partial charge in [0.15, 0.2) is 0 Å². The van der Waals surface area contributed by atoms with Crippen LogP contribution in [0.15, 0.2) is 24.3 Å². The Morgan fingerprint density at radius 3 is 2.91 bits per heavy atom. The van der Waals surface area contributed by atoms with E-state index >= 15 is 0 Å². The first-order valence-electron chi connectivity index (χ1n) is 7.75. The number of hydrogen-bond acceptors (Lipinski definition) is 5. The molecular weight excluding hydrogens is 294 g/mol. The third-order valence-corrected chi connectivity index (χ3v) is 4.37. The fourth-order valence-electron chi connectivity index (χ4n) is 3.33. The monoisotopic (exact) mass is 315 g/mol. The second-order valence-electron chi connectivity index (χ2n) is 5.97. The third-order valence-electron chi connectivity index (χ3n) is 4.37. The first-order chi connectivity index (χ1) is 11.0. The predicted octanol–water partition coefficient (Wildman–Crippen LogP) is 2.50. The van der Waals surface area contributed by atoms with E-state index in [0.29, 0.717) is 24.1 Å². The highest BCUT2D eigenvalue weighted by atomic mass is 16.6. The van der Waals surface area contributed by atoms with Crippen molar-refractivity contribution in [1.82, 2.24) is 9.78 Å². The van der Waals surface area contributed by atoms with Crippen molar-refractivity contribution in [3.05, 3.63) is 45.6 Å². The summed E-state index contributed by atoms with van der Waals surface area (Å²) in [6, 6.07) is 8.85. The number of hydrogen-bond donors (Lipinski definition) is 1. The molecule has 1 aromatic heterocycles. The summed E-state index contributed by atoms with van der Waals surface area (Å²) in [5.41, 5.74) is 3.11. The van der Waals surface area contributed by atoms with Crippen molar-refractivity contribution in [2.24, 2.45) is 7.05 Å². The van der Waals surface area contributed by atoms with E-state index in [1.54, 1.807) is 14.0 Å². The smallest absolute Gasteiger partial charge is 0.333 e. The van der Waals surface area contributed by atoms with Gasteiger partial charge >= 0.3 is 5.69 Å². The largest absolute Gasteiger partial charge is 0.367 e. The highest BCUT2D eigenvalue weighted by molar-refractivity contribution is 5.61. The zero-order chi connectivity index (χ0) is 16.6. The van der Waals surface area contributed by atoms with Gasteiger partial charge in [-0.3, -0.25) is 10.1 Å². The summed E-state index contributed by atoms with van der Waals surface area (Å²) >= 11 is 0. The van der Waals surface area contributed by atoms with Crippen LogP contribution in [0.25, 0.3) is 0 Å². The van der Waals surface area contributed by atoms with Crippen LogP contribution in [-0.2, 0) is 13.5 Å². The lowest BCUT2D eigenvalue weighted by Crippen LogP contribution is -2.34. The fourth-order valence-corrected chi connectivity index (χ4v) is 3.33. The van der Waals surface area contributed by atoms with E-state index < -0.39 is 0 Å². The predicted molar refractivity (Wildman–Crippen MR) is 90.0 cm³/mol. The summed E-state index contributed by atoms with van der Waals surface area (Å²) < 4.78 is 1.54. The first-order valence-corrected chi connectivity index (χ1v) is 7.75. The molecule has 1 aliphatic rings. The molecule has 3 rings (SSSR count). The molecule has 0 bridgehead atoms. The van der Waals surface area contributed by atoms with Gasteiger partial charge < -0.3 is 10.2 Å². The molecule has 7 heteroatoms. The molecule has 122 valence electrons. The maximum Gasteiger partial charge on any atom is 0.333 e. The molecule has 23 heavy (non-hydrogen) atoms. The lowest BCUT2D eigenvalue weighted by atomic mass is 10.1. The van der Waals surface area contributed by atoms with Gasteiger partial charge in [-0.25, -0.2) is 4.68 Å². The van der Waals surface area contributed by atoms with E-state index in [2.05, 4.69) is 40.4 Å². The molecule has 0 radical (unpaired) electrons. The summed E-state index contributed by atoms with van der Waals surface area (Å²) in [6.07, 6.45) is 1.04. The van der Waals surface area contributed by atoms with Crippen LogP contribution < -0.4 is 10.2 Å². The Bertz CT molecular complexity index is 740. The summed E-state index contributed by atoms with van der Waals surface area (Å²) in [6.45, 7) is 5.27. The van der Waals surface area contributed by atoms with Gasteiger partial charge in [0.2, 0.25) is 5.82 Å². The maximum atomic E-state index is 11.2. The molecule has 0 fully saturated rings. The average Bonchev–Trinajstić information content (AvgIpc) is 2.96. The maximum absolute atomic E-state index is 11.2. The highest BCUT2D eigenvalue weighted by Gasteiger charge is 2.26. The van der Waals surface area contributed by atoms with Crippen molar-refractivity contribution in [2.45, 2.75) is 26.3 Å². The van der Waals surface area contributed by atoms with Gasteiger partial charge in [-0.05, 0) is 31.9 Å². The lowest BCUT2D eigenvalue weighted by molar-refractivity contribution is -0.384. The molecule has 2 heterocycles. The number of benzene rings is 1. The van der Waals surface area contributed by atoms with Crippen LogP contribution in [0.4, 0.5) is 17.2 Å². The molecule has 0 spiro atoms. The normalized spacial score (nSPS) is 16.5. The Balaban J connectivity index is 1.70. The van der Waals surface area contributed by atoms with Crippen LogP contribution in [0.5, 0.6) is 0 Å². The number of aromatic nitrogens is 2. The van der Waals surface area contributed by atoms with Gasteiger partial charge in [0, 0.05) is 31.9 Å². The Kier molecular flexibility index (Phi) is 3.94. The Hall–Kier alpha value is -2.57. The van der Waals surface area contributed by atoms with Crippen LogP contribution in [0.1, 0.15) is 18.2 Å². The highest BCUT2D eigenvalue weighted by Crippen LogP contribution is 2.32. The van der Waals surface area contributed by atoms with E-state index in [-0.39, 0.29) is 10.6 Å². The van der Waals surface area contributed by atoms with Gasteiger partial charge in [-0.15, -0.1) is 0 Å². The van der Waals surface area contributed by atoms with Gasteiger partial charge in [0.25, 0.3) is 0 Å². The molecule has 1 aromatic carbocycles. The van der Waals surface area contributed by atoms with E-state index in [4.69, 9.17) is 0 Å². The Morgan fingerprint density at radius 1 is 1.43 bits per heavy atom. The quantitative estimate of drug-likeness (QED) is 0.677. The van der Waals surface area contributed by atoms with Crippen LogP contribution in [0.2, 0.25) is 0 Å². The summed E-state index contributed by atoms with van der Waals surface area (Å²) in [5, 5.41) is 18.5. The fraction of sp³-hybridized carbons (Fsp3) is 0.438. The number of anilines is 2. The second kappa shape index (κ2) is 5.91. The molecule has 1 atom stereocenters. The van der Waals surface area contributed by atoms with Crippen molar-refractivity contribution in [3.63, 3.8) is 0 Å². The summed E-state index contributed by atoms with van der Waals surface area (Å²) in [7, 11) is 1.72. The lowest BCUT2D eigenvalue weighted by Gasteiger charge is -2.25. The number of aryl methyl sites for hydroxylation is 2. The minimum atomic E-state index is -0.377. The van der Waals surface area contributed by atoms with Gasteiger partial charge in [0.05, 0.1) is 4.92 Å². The van der Waals surface area contributed by atoms with Crippen LogP contribution in [-0.4, -0.2) is 33.8 Å². The van der Waals surface area contributed by atoms with Crippen LogP contribution in [0, 0.1) is 17.0 Å². The van der Waals surface area contributed by atoms with E-state index in [0.717, 1.165) is 13.0 Å². The number of nitrogens with one attached hydrogen (secondary N) is 1. The summed E-state index contributed by atoms with van der Waals surface area (Å²) in [5.74, 6) is 0.465. The number of para-hydroxylation sites is 1. The van der Waals surface area contributed by atoms with Gasteiger partial charge in [-0.2, -0.15) is 5.10 Å². The molecule has 0 saturated carbocycles. The van der Waals surface area contributed by atoms with E-state index in [1.165, 1.54) is 15.9 Å². The number of fused-ring (bicyclic) bond motifs is 1. The molecular formula is C16H21N5O2. The van der Waals surface area contributed by atoms with E-state index in [1.807, 2.05) is 6.07 Å². The minimum absolute atomic E-state index is 0.0578. The van der Waals surface area contributed by atoms with E-state index in [9.17, 15) is 10.1 Å². The summed E-state index contributed by atoms with van der Waals surface area (Å²) in [4.78, 5) is 13.2.